The summed E-state index contributed by atoms with van der Waals surface area (Å²) in [6.45, 7) is 4.99. The highest BCUT2D eigenvalue weighted by atomic mass is 16.5. The van der Waals surface area contributed by atoms with Crippen LogP contribution in [-0.2, 0) is 7.05 Å². The van der Waals surface area contributed by atoms with Crippen molar-refractivity contribution in [1.82, 2.24) is 19.7 Å². The average Bonchev–Trinajstić information content (AvgIpc) is 3.09. The molecule has 7 nitrogen and oxygen atoms in total. The van der Waals surface area contributed by atoms with Gasteiger partial charge in [0.1, 0.15) is 5.82 Å². The second-order valence-corrected chi connectivity index (χ2v) is 6.55. The van der Waals surface area contributed by atoms with Crippen LogP contribution in [0.5, 0.6) is 5.88 Å². The molecule has 2 aromatic heterocycles. The third-order valence-corrected chi connectivity index (χ3v) is 4.54. The van der Waals surface area contributed by atoms with E-state index in [1.165, 1.54) is 0 Å². The zero-order valence-corrected chi connectivity index (χ0v) is 15.4. The van der Waals surface area contributed by atoms with Crippen molar-refractivity contribution in [1.29, 1.82) is 0 Å². The molecule has 3 rings (SSSR count). The molecule has 0 radical (unpaired) electrons. The first-order valence-corrected chi connectivity index (χ1v) is 8.29. The van der Waals surface area contributed by atoms with Gasteiger partial charge < -0.3 is 14.5 Å². The maximum atomic E-state index is 5.60. The van der Waals surface area contributed by atoms with Gasteiger partial charge in [0, 0.05) is 39.4 Å². The maximum Gasteiger partial charge on any atom is 0.228 e. The topological polar surface area (TPSA) is 59.3 Å². The van der Waals surface area contributed by atoms with Gasteiger partial charge in [0.2, 0.25) is 11.8 Å². The smallest absolute Gasteiger partial charge is 0.228 e. The molecule has 1 unspecified atom stereocenters. The minimum Gasteiger partial charge on any atom is -0.481 e. The van der Waals surface area contributed by atoms with E-state index in [9.17, 15) is 0 Å². The standard InChI is InChI=1S/C17H26N6O/c1-11-10-14(21(3)4)19-17(18-11)23-9-7-8-13(23)15-12(2)20-22(5)16(15)24-6/h10,13H,7-9H2,1-6H3. The molecule has 24 heavy (non-hydrogen) atoms. The van der Waals surface area contributed by atoms with Gasteiger partial charge in [-0.15, -0.1) is 0 Å². The first-order valence-electron chi connectivity index (χ1n) is 8.29. The Morgan fingerprint density at radius 2 is 2.00 bits per heavy atom. The van der Waals surface area contributed by atoms with Gasteiger partial charge >= 0.3 is 0 Å². The van der Waals surface area contributed by atoms with Crippen LogP contribution in [-0.4, -0.2) is 47.5 Å². The lowest BCUT2D eigenvalue weighted by Gasteiger charge is -2.26. The van der Waals surface area contributed by atoms with E-state index in [2.05, 4.69) is 15.0 Å². The van der Waals surface area contributed by atoms with Crippen molar-refractivity contribution in [2.75, 3.05) is 37.5 Å². The van der Waals surface area contributed by atoms with E-state index in [0.717, 1.165) is 54.0 Å². The van der Waals surface area contributed by atoms with Gasteiger partial charge in [-0.3, -0.25) is 0 Å². The molecule has 0 aromatic carbocycles. The zero-order valence-electron chi connectivity index (χ0n) is 15.4. The van der Waals surface area contributed by atoms with Crippen molar-refractivity contribution in [2.45, 2.75) is 32.7 Å². The molecule has 3 heterocycles. The molecule has 0 aliphatic carbocycles. The van der Waals surface area contributed by atoms with Crippen LogP contribution in [0.25, 0.3) is 0 Å². The number of rotatable bonds is 4. The first kappa shape index (κ1) is 16.5. The van der Waals surface area contributed by atoms with Crippen molar-refractivity contribution in [3.63, 3.8) is 0 Å². The summed E-state index contributed by atoms with van der Waals surface area (Å²) in [5.74, 6) is 2.54. The molecule has 0 saturated carbocycles. The molecular formula is C17H26N6O. The second kappa shape index (κ2) is 6.30. The minimum atomic E-state index is 0.200. The van der Waals surface area contributed by atoms with E-state index in [1.807, 2.05) is 50.6 Å². The second-order valence-electron chi connectivity index (χ2n) is 6.55. The number of ether oxygens (including phenoxy) is 1. The Hall–Kier alpha value is -2.31. The number of aryl methyl sites for hydroxylation is 3. The Morgan fingerprint density at radius 3 is 2.67 bits per heavy atom. The van der Waals surface area contributed by atoms with E-state index >= 15 is 0 Å². The zero-order chi connectivity index (χ0) is 17.4. The molecule has 1 fully saturated rings. The lowest BCUT2D eigenvalue weighted by Crippen LogP contribution is -2.26. The van der Waals surface area contributed by atoms with Crippen LogP contribution in [0.15, 0.2) is 6.07 Å². The van der Waals surface area contributed by atoms with Gasteiger partial charge in [0.25, 0.3) is 0 Å². The van der Waals surface area contributed by atoms with Crippen LogP contribution < -0.4 is 14.5 Å². The predicted molar refractivity (Wildman–Crippen MR) is 94.9 cm³/mol. The molecule has 130 valence electrons. The van der Waals surface area contributed by atoms with Crippen LogP contribution in [0.1, 0.15) is 35.8 Å². The minimum absolute atomic E-state index is 0.200. The average molecular weight is 330 g/mol. The van der Waals surface area contributed by atoms with Crippen molar-refractivity contribution in [2.24, 2.45) is 7.05 Å². The fraction of sp³-hybridized carbons (Fsp3) is 0.588. The highest BCUT2D eigenvalue weighted by Gasteiger charge is 2.34. The Labute approximate surface area is 143 Å². The quantitative estimate of drug-likeness (QED) is 0.857. The first-order chi connectivity index (χ1) is 11.4. The third kappa shape index (κ3) is 2.79. The maximum absolute atomic E-state index is 5.60. The van der Waals surface area contributed by atoms with Gasteiger partial charge in [0.15, 0.2) is 0 Å². The van der Waals surface area contributed by atoms with Crippen LogP contribution in [0.3, 0.4) is 0 Å². The summed E-state index contributed by atoms with van der Waals surface area (Å²) < 4.78 is 7.41. The van der Waals surface area contributed by atoms with Crippen molar-refractivity contribution >= 4 is 11.8 Å². The SMILES string of the molecule is COc1c(C2CCCN2c2nc(C)cc(N(C)C)n2)c(C)nn1C. The van der Waals surface area contributed by atoms with Gasteiger partial charge in [-0.2, -0.15) is 10.1 Å². The van der Waals surface area contributed by atoms with E-state index < -0.39 is 0 Å². The molecule has 1 atom stereocenters. The van der Waals surface area contributed by atoms with Gasteiger partial charge in [-0.25, -0.2) is 9.67 Å². The number of hydrogen-bond donors (Lipinski definition) is 0. The summed E-state index contributed by atoms with van der Waals surface area (Å²) >= 11 is 0. The highest BCUT2D eigenvalue weighted by molar-refractivity contribution is 5.49. The van der Waals surface area contributed by atoms with Crippen molar-refractivity contribution < 1.29 is 4.74 Å². The molecule has 1 aliphatic rings. The molecule has 2 aromatic rings. The summed E-state index contributed by atoms with van der Waals surface area (Å²) in [6.07, 6.45) is 2.16. The number of hydrogen-bond acceptors (Lipinski definition) is 6. The molecule has 0 amide bonds. The molecule has 0 spiro atoms. The van der Waals surface area contributed by atoms with Crippen molar-refractivity contribution in [3.8, 4) is 5.88 Å². The lowest BCUT2D eigenvalue weighted by atomic mass is 10.1. The Bertz CT molecular complexity index is 739. The predicted octanol–water partition coefficient (Wildman–Crippen LogP) is 2.24. The summed E-state index contributed by atoms with van der Waals surface area (Å²) in [4.78, 5) is 13.7. The summed E-state index contributed by atoms with van der Waals surface area (Å²) in [7, 11) is 7.62. The van der Waals surface area contributed by atoms with E-state index in [0.29, 0.717) is 0 Å². The van der Waals surface area contributed by atoms with Gasteiger partial charge in [-0.05, 0) is 26.7 Å². The number of anilines is 2. The molecule has 0 N–H and O–H groups in total. The lowest BCUT2D eigenvalue weighted by molar-refractivity contribution is 0.366. The normalized spacial score (nSPS) is 17.4. The van der Waals surface area contributed by atoms with Crippen LogP contribution in [0.4, 0.5) is 11.8 Å². The summed E-state index contributed by atoms with van der Waals surface area (Å²) in [5.41, 5.74) is 3.13. The fourth-order valence-electron chi connectivity index (χ4n) is 3.48. The Kier molecular flexibility index (Phi) is 4.34. The fourth-order valence-corrected chi connectivity index (χ4v) is 3.48. The van der Waals surface area contributed by atoms with E-state index in [-0.39, 0.29) is 6.04 Å². The molecule has 0 bridgehead atoms. The van der Waals surface area contributed by atoms with Crippen LogP contribution >= 0.6 is 0 Å². The van der Waals surface area contributed by atoms with E-state index in [4.69, 9.17) is 9.72 Å². The highest BCUT2D eigenvalue weighted by Crippen LogP contribution is 2.40. The number of aromatic nitrogens is 4. The van der Waals surface area contributed by atoms with Crippen LogP contribution in [0, 0.1) is 13.8 Å². The Balaban J connectivity index is 2.03. The third-order valence-electron chi connectivity index (χ3n) is 4.54. The monoisotopic (exact) mass is 330 g/mol. The number of methoxy groups -OCH3 is 1. The number of nitrogens with zero attached hydrogens (tertiary/aromatic N) is 6. The molecule has 7 heteroatoms. The van der Waals surface area contributed by atoms with Crippen molar-refractivity contribution in [3.05, 3.63) is 23.0 Å². The Morgan fingerprint density at radius 1 is 1.25 bits per heavy atom. The van der Waals surface area contributed by atoms with Gasteiger partial charge in [0.05, 0.1) is 24.4 Å². The molecule has 1 saturated heterocycles. The van der Waals surface area contributed by atoms with E-state index in [1.54, 1.807) is 7.11 Å². The van der Waals surface area contributed by atoms with Gasteiger partial charge in [-0.1, -0.05) is 0 Å². The van der Waals surface area contributed by atoms with Crippen LogP contribution in [0.2, 0.25) is 0 Å². The largest absolute Gasteiger partial charge is 0.481 e. The molecule has 1 aliphatic heterocycles. The summed E-state index contributed by atoms with van der Waals surface area (Å²) in [5, 5.41) is 4.53. The summed E-state index contributed by atoms with van der Waals surface area (Å²) in [6, 6.07) is 2.20. The molecular weight excluding hydrogens is 304 g/mol.